The maximum Gasteiger partial charge on any atom is 0.209 e. The molecule has 2 atom stereocenters. The van der Waals surface area contributed by atoms with Crippen LogP contribution >= 0.6 is 0 Å². The summed E-state index contributed by atoms with van der Waals surface area (Å²) in [5.41, 5.74) is 0. The van der Waals surface area contributed by atoms with Crippen LogP contribution in [0, 0.1) is 11.8 Å². The highest BCUT2D eigenvalue weighted by Crippen LogP contribution is 2.32. The first-order chi connectivity index (χ1) is 5.53. The zero-order valence-corrected chi connectivity index (χ0v) is 7.69. The van der Waals surface area contributed by atoms with Crippen molar-refractivity contribution in [3.05, 3.63) is 0 Å². The average molecular weight is 195 g/mol. The van der Waals surface area contributed by atoms with Gasteiger partial charge in [0.2, 0.25) is 10.0 Å². The Morgan fingerprint density at radius 2 is 1.92 bits per heavy atom. The molecule has 0 heterocycles. The minimum absolute atomic E-state index is 0.0509. The summed E-state index contributed by atoms with van der Waals surface area (Å²) in [6.45, 7) is -0.416. The van der Waals surface area contributed by atoms with E-state index < -0.39 is 16.7 Å². The van der Waals surface area contributed by atoms with Gasteiger partial charge in [-0.2, -0.15) is 0 Å². The average Bonchev–Trinajstić information content (AvgIpc) is 2.31. The normalized spacial score (nSPS) is 30.8. The van der Waals surface area contributed by atoms with E-state index in [9.17, 15) is 12.8 Å². The van der Waals surface area contributed by atoms with Gasteiger partial charge >= 0.3 is 0 Å². The first kappa shape index (κ1) is 9.92. The van der Waals surface area contributed by atoms with E-state index in [4.69, 9.17) is 5.14 Å². The van der Waals surface area contributed by atoms with Crippen LogP contribution in [0.1, 0.15) is 19.3 Å². The van der Waals surface area contributed by atoms with Crippen molar-refractivity contribution in [2.45, 2.75) is 19.3 Å². The van der Waals surface area contributed by atoms with Gasteiger partial charge in [-0.05, 0) is 24.7 Å². The second kappa shape index (κ2) is 3.70. The van der Waals surface area contributed by atoms with Crippen molar-refractivity contribution in [3.8, 4) is 0 Å². The molecule has 0 aromatic carbocycles. The van der Waals surface area contributed by atoms with Crippen LogP contribution in [0.4, 0.5) is 4.39 Å². The second-order valence-corrected chi connectivity index (χ2v) is 5.09. The minimum atomic E-state index is -3.42. The summed E-state index contributed by atoms with van der Waals surface area (Å²) in [7, 11) is -3.42. The van der Waals surface area contributed by atoms with E-state index in [0.29, 0.717) is 0 Å². The fourth-order valence-electron chi connectivity index (χ4n) is 1.83. The van der Waals surface area contributed by atoms with E-state index in [2.05, 4.69) is 0 Å². The maximum absolute atomic E-state index is 12.3. The molecule has 1 saturated carbocycles. The van der Waals surface area contributed by atoms with E-state index in [1.165, 1.54) is 0 Å². The Morgan fingerprint density at radius 1 is 1.33 bits per heavy atom. The third-order valence-corrected chi connectivity index (χ3v) is 3.35. The predicted molar refractivity (Wildman–Crippen MR) is 44.8 cm³/mol. The highest BCUT2D eigenvalue weighted by molar-refractivity contribution is 7.89. The molecule has 12 heavy (non-hydrogen) atoms. The van der Waals surface area contributed by atoms with Crippen molar-refractivity contribution in [2.24, 2.45) is 17.0 Å². The molecule has 3 nitrogen and oxygen atoms in total. The molecular weight excluding hydrogens is 181 g/mol. The van der Waals surface area contributed by atoms with Crippen LogP contribution in [-0.4, -0.2) is 20.8 Å². The highest BCUT2D eigenvalue weighted by Gasteiger charge is 2.29. The number of sulfonamides is 1. The largest absolute Gasteiger partial charge is 0.251 e. The lowest BCUT2D eigenvalue weighted by Gasteiger charge is -2.14. The van der Waals surface area contributed by atoms with E-state index in [1.807, 2.05) is 0 Å². The molecule has 0 aliphatic heterocycles. The Balaban J connectivity index is 2.52. The molecule has 2 N–H and O–H groups in total. The first-order valence-electron chi connectivity index (χ1n) is 4.09. The predicted octanol–water partition coefficient (Wildman–Crippen LogP) is 0.661. The number of halogens is 1. The molecule has 1 rings (SSSR count). The quantitative estimate of drug-likeness (QED) is 0.719. The Hall–Kier alpha value is -0.160. The fraction of sp³-hybridized carbons (Fsp3) is 1.00. The lowest BCUT2D eigenvalue weighted by molar-refractivity contribution is 0.311. The van der Waals surface area contributed by atoms with Crippen LogP contribution in [-0.2, 0) is 10.0 Å². The summed E-state index contributed by atoms with van der Waals surface area (Å²) >= 11 is 0. The van der Waals surface area contributed by atoms with Crippen LogP contribution in [0.5, 0.6) is 0 Å². The maximum atomic E-state index is 12.3. The Kier molecular flexibility index (Phi) is 3.06. The smallest absolute Gasteiger partial charge is 0.209 e. The molecule has 1 aliphatic carbocycles. The first-order valence-corrected chi connectivity index (χ1v) is 5.81. The zero-order valence-electron chi connectivity index (χ0n) is 6.87. The van der Waals surface area contributed by atoms with E-state index in [1.54, 1.807) is 0 Å². The van der Waals surface area contributed by atoms with Crippen LogP contribution < -0.4 is 5.14 Å². The molecule has 0 aromatic rings. The van der Waals surface area contributed by atoms with Gasteiger partial charge in [0, 0.05) is 0 Å². The number of nitrogens with two attached hydrogens (primary N) is 1. The van der Waals surface area contributed by atoms with Gasteiger partial charge < -0.3 is 0 Å². The Morgan fingerprint density at radius 3 is 2.42 bits per heavy atom. The van der Waals surface area contributed by atoms with Gasteiger partial charge in [0.15, 0.2) is 0 Å². The Labute approximate surface area is 72.2 Å². The lowest BCUT2D eigenvalue weighted by atomic mass is 10.00. The molecule has 0 unspecified atom stereocenters. The van der Waals surface area contributed by atoms with Crippen molar-refractivity contribution in [1.29, 1.82) is 0 Å². The van der Waals surface area contributed by atoms with Gasteiger partial charge in [-0.25, -0.2) is 13.6 Å². The highest BCUT2D eigenvalue weighted by atomic mass is 32.2. The van der Waals surface area contributed by atoms with E-state index >= 15 is 0 Å². The zero-order chi connectivity index (χ0) is 9.19. The van der Waals surface area contributed by atoms with Gasteiger partial charge in [0.05, 0.1) is 12.4 Å². The van der Waals surface area contributed by atoms with Gasteiger partial charge in [-0.15, -0.1) is 0 Å². The fourth-order valence-corrected chi connectivity index (χ4v) is 2.87. The van der Waals surface area contributed by atoms with E-state index in [0.717, 1.165) is 19.3 Å². The van der Waals surface area contributed by atoms with E-state index in [-0.39, 0.29) is 17.6 Å². The summed E-state index contributed by atoms with van der Waals surface area (Å²) in [5.74, 6) is -0.185. The summed E-state index contributed by atoms with van der Waals surface area (Å²) < 4.78 is 33.7. The second-order valence-electron chi connectivity index (χ2n) is 3.43. The molecule has 1 aliphatic rings. The molecule has 0 bridgehead atoms. The molecule has 72 valence electrons. The molecule has 0 radical (unpaired) electrons. The standard InChI is InChI=1S/C7H14FNO2S/c8-4-6-2-1-3-7(6)5-12(9,10)11/h6-7H,1-5H2,(H2,9,10,11)/t6-,7-/m0/s1. The van der Waals surface area contributed by atoms with Gasteiger partial charge in [-0.1, -0.05) is 6.42 Å². The SMILES string of the molecule is NS(=O)(=O)C[C@@H]1CCC[C@H]1CF. The third-order valence-electron chi connectivity index (χ3n) is 2.46. The lowest BCUT2D eigenvalue weighted by Crippen LogP contribution is -2.25. The number of alkyl halides is 1. The summed E-state index contributed by atoms with van der Waals surface area (Å²) in [6.07, 6.45) is 2.52. The van der Waals surface area contributed by atoms with Crippen LogP contribution in [0.15, 0.2) is 0 Å². The summed E-state index contributed by atoms with van der Waals surface area (Å²) in [5, 5.41) is 4.88. The summed E-state index contributed by atoms with van der Waals surface area (Å²) in [6, 6.07) is 0. The molecule has 0 saturated heterocycles. The molecule has 0 amide bonds. The van der Waals surface area contributed by atoms with Gasteiger partial charge in [0.1, 0.15) is 0 Å². The van der Waals surface area contributed by atoms with Crippen molar-refractivity contribution >= 4 is 10.0 Å². The van der Waals surface area contributed by atoms with Crippen molar-refractivity contribution in [3.63, 3.8) is 0 Å². The Bertz CT molecular complexity index is 240. The third kappa shape index (κ3) is 2.71. The van der Waals surface area contributed by atoms with Crippen LogP contribution in [0.3, 0.4) is 0 Å². The van der Waals surface area contributed by atoms with Gasteiger partial charge in [0.25, 0.3) is 0 Å². The van der Waals surface area contributed by atoms with Crippen LogP contribution in [0.25, 0.3) is 0 Å². The van der Waals surface area contributed by atoms with Crippen molar-refractivity contribution in [2.75, 3.05) is 12.4 Å². The van der Waals surface area contributed by atoms with Gasteiger partial charge in [-0.3, -0.25) is 4.39 Å². The monoisotopic (exact) mass is 195 g/mol. The summed E-state index contributed by atoms with van der Waals surface area (Å²) in [4.78, 5) is 0. The number of rotatable bonds is 3. The molecular formula is C7H14FNO2S. The van der Waals surface area contributed by atoms with Crippen molar-refractivity contribution < 1.29 is 12.8 Å². The topological polar surface area (TPSA) is 60.2 Å². The van der Waals surface area contributed by atoms with Crippen LogP contribution in [0.2, 0.25) is 0 Å². The molecule has 5 heteroatoms. The number of hydrogen-bond donors (Lipinski definition) is 1. The molecule has 0 spiro atoms. The molecule has 1 fully saturated rings. The molecule has 0 aromatic heterocycles. The number of primary sulfonamides is 1. The number of hydrogen-bond acceptors (Lipinski definition) is 2. The van der Waals surface area contributed by atoms with Crippen molar-refractivity contribution in [1.82, 2.24) is 0 Å². The minimum Gasteiger partial charge on any atom is -0.251 e.